The average molecular weight is 148 g/mol. The molecule has 0 saturated heterocycles. The van der Waals surface area contributed by atoms with E-state index in [1.54, 1.807) is 6.92 Å². The molecule has 10 heavy (non-hydrogen) atoms. The smallest absolute Gasteiger partial charge is 0.149 e. The van der Waals surface area contributed by atoms with Crippen molar-refractivity contribution < 1.29 is 0 Å². The molecule has 0 rings (SSSR count). The highest BCUT2D eigenvalue weighted by atomic mass is 15.3. The van der Waals surface area contributed by atoms with E-state index < -0.39 is 17.5 Å². The summed E-state index contributed by atoms with van der Waals surface area (Å²) in [6.45, 7) is 1.58. The minimum Gasteiger partial charge on any atom is -0.325 e. The van der Waals surface area contributed by atoms with Gasteiger partial charge in [0.05, 0.1) is 0 Å². The van der Waals surface area contributed by atoms with Crippen LogP contribution in [-0.2, 0) is 0 Å². The molecule has 0 aliphatic heterocycles. The van der Waals surface area contributed by atoms with Crippen LogP contribution < -0.4 is 34.4 Å². The van der Waals surface area contributed by atoms with Gasteiger partial charge in [-0.1, -0.05) is 0 Å². The summed E-state index contributed by atoms with van der Waals surface area (Å²) in [5.41, 5.74) is 30.5. The second-order valence-electron chi connectivity index (χ2n) is 2.65. The molecule has 0 heterocycles. The Bertz CT molecular complexity index is 111. The molecule has 62 valence electrons. The topological polar surface area (TPSA) is 156 Å². The number of hydrogen-bond acceptors (Lipinski definition) is 6. The summed E-state index contributed by atoms with van der Waals surface area (Å²) in [5, 5.41) is 0. The van der Waals surface area contributed by atoms with Crippen LogP contribution in [0.4, 0.5) is 0 Å². The van der Waals surface area contributed by atoms with Crippen molar-refractivity contribution in [1.29, 1.82) is 0 Å². The monoisotopic (exact) mass is 148 g/mol. The van der Waals surface area contributed by atoms with Gasteiger partial charge in [0.15, 0.2) is 0 Å². The lowest BCUT2D eigenvalue weighted by atomic mass is 9.97. The zero-order valence-electron chi connectivity index (χ0n) is 6.04. The van der Waals surface area contributed by atoms with E-state index in [4.69, 9.17) is 34.4 Å². The number of hydrogen-bond donors (Lipinski definition) is 6. The van der Waals surface area contributed by atoms with Crippen LogP contribution in [0, 0.1) is 0 Å². The molecule has 0 fully saturated rings. The van der Waals surface area contributed by atoms with E-state index in [9.17, 15) is 0 Å². The van der Waals surface area contributed by atoms with Gasteiger partial charge in [-0.05, 0) is 6.92 Å². The molecule has 0 aromatic rings. The van der Waals surface area contributed by atoms with Crippen LogP contribution in [0.15, 0.2) is 0 Å². The first-order valence-corrected chi connectivity index (χ1v) is 2.89. The van der Waals surface area contributed by atoms with Crippen LogP contribution in [0.1, 0.15) is 6.92 Å². The minimum atomic E-state index is -1.65. The van der Waals surface area contributed by atoms with Crippen molar-refractivity contribution in [3.05, 3.63) is 0 Å². The van der Waals surface area contributed by atoms with Crippen LogP contribution in [0.2, 0.25) is 0 Å². The first kappa shape index (κ1) is 9.76. The predicted octanol–water partition coefficient (Wildman–Crippen LogP) is -3.52. The van der Waals surface area contributed by atoms with Gasteiger partial charge in [0, 0.05) is 6.04 Å². The van der Waals surface area contributed by atoms with Crippen molar-refractivity contribution in [2.24, 2.45) is 34.4 Å². The van der Waals surface area contributed by atoms with Crippen molar-refractivity contribution >= 4 is 0 Å². The highest BCUT2D eigenvalue weighted by Gasteiger charge is 2.39. The van der Waals surface area contributed by atoms with Crippen molar-refractivity contribution in [2.45, 2.75) is 24.4 Å². The van der Waals surface area contributed by atoms with Gasteiger partial charge < -0.3 is 17.2 Å². The first-order chi connectivity index (χ1) is 4.19. The van der Waals surface area contributed by atoms with Gasteiger partial charge in [-0.15, -0.1) is 0 Å². The fourth-order valence-corrected chi connectivity index (χ4v) is 0.394. The van der Waals surface area contributed by atoms with Gasteiger partial charge in [0.2, 0.25) is 0 Å². The van der Waals surface area contributed by atoms with Crippen LogP contribution in [0.3, 0.4) is 0 Å². The third kappa shape index (κ3) is 1.63. The third-order valence-electron chi connectivity index (χ3n) is 1.50. The van der Waals surface area contributed by atoms with E-state index in [1.165, 1.54) is 0 Å². The van der Waals surface area contributed by atoms with E-state index >= 15 is 0 Å². The quantitative estimate of drug-likeness (QED) is 0.223. The Morgan fingerprint density at radius 3 is 1.30 bits per heavy atom. The van der Waals surface area contributed by atoms with Crippen LogP contribution in [0.25, 0.3) is 0 Å². The Morgan fingerprint density at radius 1 is 1.00 bits per heavy atom. The van der Waals surface area contributed by atoms with Crippen molar-refractivity contribution in [1.82, 2.24) is 0 Å². The standard InChI is InChI=1S/C4H16N6/c1-2(5)3(6,7)4(8,9)10/h2H,5-10H2,1H3. The molecular weight excluding hydrogens is 132 g/mol. The van der Waals surface area contributed by atoms with E-state index in [1.807, 2.05) is 0 Å². The highest BCUT2D eigenvalue weighted by molar-refractivity contribution is 5.00. The Morgan fingerprint density at radius 2 is 1.30 bits per heavy atom. The fourth-order valence-electron chi connectivity index (χ4n) is 0.394. The zero-order chi connectivity index (χ0) is 8.58. The largest absolute Gasteiger partial charge is 0.325 e. The molecule has 0 saturated carbocycles. The summed E-state index contributed by atoms with van der Waals surface area (Å²) in [5.74, 6) is -1.65. The maximum Gasteiger partial charge on any atom is 0.149 e. The molecule has 0 aromatic heterocycles. The van der Waals surface area contributed by atoms with Gasteiger partial charge in [0.25, 0.3) is 0 Å². The van der Waals surface area contributed by atoms with E-state index in [0.29, 0.717) is 0 Å². The van der Waals surface area contributed by atoms with E-state index in [-0.39, 0.29) is 0 Å². The maximum absolute atomic E-state index is 5.41. The zero-order valence-corrected chi connectivity index (χ0v) is 6.04. The summed E-state index contributed by atoms with van der Waals surface area (Å²) in [7, 11) is 0. The summed E-state index contributed by atoms with van der Waals surface area (Å²) < 4.78 is 0. The molecule has 0 aromatic carbocycles. The molecule has 0 bridgehead atoms. The van der Waals surface area contributed by atoms with Gasteiger partial charge in [-0.25, -0.2) is 0 Å². The van der Waals surface area contributed by atoms with E-state index in [2.05, 4.69) is 0 Å². The highest BCUT2D eigenvalue weighted by Crippen LogP contribution is 2.02. The Labute approximate surface area is 59.9 Å². The Kier molecular flexibility index (Phi) is 2.36. The van der Waals surface area contributed by atoms with Gasteiger partial charge in [-0.2, -0.15) is 0 Å². The molecule has 0 aliphatic rings. The lowest BCUT2D eigenvalue weighted by Gasteiger charge is -2.39. The molecular formula is C4H16N6. The molecule has 0 radical (unpaired) electrons. The lowest BCUT2D eigenvalue weighted by molar-refractivity contribution is 0.205. The van der Waals surface area contributed by atoms with Crippen LogP contribution in [-0.4, -0.2) is 17.5 Å². The molecule has 0 spiro atoms. The van der Waals surface area contributed by atoms with Crippen molar-refractivity contribution in [3.63, 3.8) is 0 Å². The fraction of sp³-hybridized carbons (Fsp3) is 1.00. The minimum absolute atomic E-state index is 0.563. The molecule has 0 aliphatic carbocycles. The summed E-state index contributed by atoms with van der Waals surface area (Å²) in [6.07, 6.45) is 0. The number of rotatable bonds is 2. The Hall–Kier alpha value is -0.240. The third-order valence-corrected chi connectivity index (χ3v) is 1.50. The number of nitrogens with two attached hydrogens (primary N) is 6. The predicted molar refractivity (Wildman–Crippen MR) is 40.0 cm³/mol. The van der Waals surface area contributed by atoms with Gasteiger partial charge in [0.1, 0.15) is 11.4 Å². The second kappa shape index (κ2) is 2.42. The van der Waals surface area contributed by atoms with Crippen LogP contribution in [0.5, 0.6) is 0 Å². The summed E-state index contributed by atoms with van der Waals surface area (Å²) in [4.78, 5) is 0. The maximum atomic E-state index is 5.41. The molecule has 6 nitrogen and oxygen atoms in total. The SMILES string of the molecule is CC(N)C(N)(N)C(N)(N)N. The normalized spacial score (nSPS) is 17.1. The van der Waals surface area contributed by atoms with Crippen molar-refractivity contribution in [3.8, 4) is 0 Å². The molecule has 1 unspecified atom stereocenters. The summed E-state index contributed by atoms with van der Waals surface area (Å²) in [6, 6.07) is -0.563. The summed E-state index contributed by atoms with van der Waals surface area (Å²) >= 11 is 0. The molecule has 12 N–H and O–H groups in total. The van der Waals surface area contributed by atoms with Gasteiger partial charge in [-0.3, -0.25) is 17.2 Å². The molecule has 0 amide bonds. The van der Waals surface area contributed by atoms with E-state index in [0.717, 1.165) is 0 Å². The molecule has 1 atom stereocenters. The molecule has 6 heteroatoms. The first-order valence-electron chi connectivity index (χ1n) is 2.89. The van der Waals surface area contributed by atoms with Gasteiger partial charge >= 0.3 is 0 Å². The van der Waals surface area contributed by atoms with Crippen LogP contribution >= 0.6 is 0 Å². The van der Waals surface area contributed by atoms with Crippen molar-refractivity contribution in [2.75, 3.05) is 0 Å². The Balaban J connectivity index is 4.40. The lowest BCUT2D eigenvalue weighted by Crippen LogP contribution is -2.85. The average Bonchev–Trinajstić information content (AvgIpc) is 1.62. The second-order valence-corrected chi connectivity index (χ2v) is 2.65.